The van der Waals surface area contributed by atoms with Crippen LogP contribution in [0.25, 0.3) is 0 Å². The molecule has 0 aromatic heterocycles. The van der Waals surface area contributed by atoms with Crippen LogP contribution >= 0.6 is 0 Å². The molecule has 2 aromatic carbocycles. The van der Waals surface area contributed by atoms with Crippen molar-refractivity contribution < 1.29 is 53.2 Å². The van der Waals surface area contributed by atoms with Crippen LogP contribution in [-0.2, 0) is 0 Å². The van der Waals surface area contributed by atoms with Crippen LogP contribution in [0.2, 0.25) is 6.82 Å². The predicted octanol–water partition coefficient (Wildman–Crippen LogP) is 4.65. The molecule has 0 N–H and O–H groups in total. The van der Waals surface area contributed by atoms with E-state index in [2.05, 4.69) is 9.31 Å². The smallest absolute Gasteiger partial charge is 0.522 e. The van der Waals surface area contributed by atoms with Crippen molar-refractivity contribution in [3.63, 3.8) is 0 Å². The molecular formula is C13H3BF10O2. The molecule has 0 aliphatic carbocycles. The molecule has 0 aliphatic rings. The van der Waals surface area contributed by atoms with Gasteiger partial charge in [-0.1, -0.05) is 0 Å². The number of hydrogen-bond donors (Lipinski definition) is 0. The van der Waals surface area contributed by atoms with Crippen LogP contribution in [0, 0.1) is 58.2 Å². The lowest BCUT2D eigenvalue weighted by Crippen LogP contribution is -2.29. The first-order valence-corrected chi connectivity index (χ1v) is 6.35. The lowest BCUT2D eigenvalue weighted by molar-refractivity contribution is 0.314. The summed E-state index contributed by atoms with van der Waals surface area (Å²) in [5, 5.41) is 0. The minimum Gasteiger partial charge on any atom is -0.522 e. The second-order valence-corrected chi connectivity index (χ2v) is 4.60. The highest BCUT2D eigenvalue weighted by atomic mass is 19.2. The van der Waals surface area contributed by atoms with Crippen LogP contribution in [0.5, 0.6) is 11.5 Å². The third kappa shape index (κ3) is 3.12. The second kappa shape index (κ2) is 6.96. The maximum Gasteiger partial charge on any atom is 0.591 e. The van der Waals surface area contributed by atoms with Crippen molar-refractivity contribution in [1.29, 1.82) is 0 Å². The molecular weight excluding hydrogens is 389 g/mol. The minimum absolute atomic E-state index is 0.635. The van der Waals surface area contributed by atoms with Gasteiger partial charge in [-0.05, 0) is 6.82 Å². The third-order valence-electron chi connectivity index (χ3n) is 2.91. The number of rotatable bonds is 4. The van der Waals surface area contributed by atoms with E-state index in [1.807, 2.05) is 0 Å². The first kappa shape index (κ1) is 19.7. The Morgan fingerprint density at radius 2 is 0.615 bits per heavy atom. The standard InChI is InChI=1S/C13H3BF10O2/c1-14(25-12-8(21)4(17)2(15)5(18)9(12)22)26-13-10(23)6(19)3(16)7(20)11(13)24/h1H3. The highest BCUT2D eigenvalue weighted by Crippen LogP contribution is 2.32. The summed E-state index contributed by atoms with van der Waals surface area (Å²) in [5.41, 5.74) is 0. The normalized spacial score (nSPS) is 10.9. The van der Waals surface area contributed by atoms with Crippen molar-refractivity contribution in [3.8, 4) is 11.5 Å². The van der Waals surface area contributed by atoms with Gasteiger partial charge in [-0.2, -0.15) is 17.6 Å². The van der Waals surface area contributed by atoms with E-state index in [1.165, 1.54) is 0 Å². The zero-order valence-electron chi connectivity index (χ0n) is 12.2. The van der Waals surface area contributed by atoms with E-state index in [-0.39, 0.29) is 0 Å². The Labute approximate surface area is 138 Å². The van der Waals surface area contributed by atoms with E-state index < -0.39 is 76.8 Å². The van der Waals surface area contributed by atoms with Crippen molar-refractivity contribution in [2.45, 2.75) is 6.82 Å². The Bertz CT molecular complexity index is 759. The van der Waals surface area contributed by atoms with Gasteiger partial charge in [0.15, 0.2) is 11.5 Å². The Morgan fingerprint density at radius 3 is 0.846 bits per heavy atom. The SMILES string of the molecule is CB(Oc1c(F)c(F)c(F)c(F)c1F)Oc1c(F)c(F)c(F)c(F)c1F. The summed E-state index contributed by atoms with van der Waals surface area (Å²) in [6.07, 6.45) is 0. The molecule has 0 aliphatic heterocycles. The molecule has 0 amide bonds. The first-order valence-electron chi connectivity index (χ1n) is 6.35. The predicted molar refractivity (Wildman–Crippen MR) is 65.3 cm³/mol. The van der Waals surface area contributed by atoms with E-state index in [0.29, 0.717) is 6.82 Å². The molecule has 0 spiro atoms. The van der Waals surface area contributed by atoms with Crippen LogP contribution in [0.4, 0.5) is 43.9 Å². The van der Waals surface area contributed by atoms with Crippen molar-refractivity contribution in [2.24, 2.45) is 0 Å². The molecule has 26 heavy (non-hydrogen) atoms. The topological polar surface area (TPSA) is 18.5 Å². The number of benzene rings is 2. The van der Waals surface area contributed by atoms with Crippen LogP contribution in [0.15, 0.2) is 0 Å². The van der Waals surface area contributed by atoms with Crippen molar-refractivity contribution in [2.75, 3.05) is 0 Å². The van der Waals surface area contributed by atoms with E-state index in [4.69, 9.17) is 0 Å². The third-order valence-corrected chi connectivity index (χ3v) is 2.91. The lowest BCUT2D eigenvalue weighted by Gasteiger charge is -2.16. The summed E-state index contributed by atoms with van der Waals surface area (Å²) in [4.78, 5) is 0. The molecule has 0 atom stereocenters. The summed E-state index contributed by atoms with van der Waals surface area (Å²) in [5.74, 6) is -28.0. The largest absolute Gasteiger partial charge is 0.591 e. The van der Waals surface area contributed by atoms with Gasteiger partial charge < -0.3 is 9.31 Å². The van der Waals surface area contributed by atoms with Gasteiger partial charge >= 0.3 is 7.12 Å². The van der Waals surface area contributed by atoms with Crippen LogP contribution in [0.3, 0.4) is 0 Å². The molecule has 0 heterocycles. The fourth-order valence-electron chi connectivity index (χ4n) is 1.73. The van der Waals surface area contributed by atoms with Crippen LogP contribution in [0.1, 0.15) is 0 Å². The molecule has 0 radical (unpaired) electrons. The molecule has 2 nitrogen and oxygen atoms in total. The highest BCUT2D eigenvalue weighted by molar-refractivity contribution is 6.44. The maximum atomic E-state index is 13.4. The first-order chi connectivity index (χ1) is 12.0. The molecule has 0 saturated heterocycles. The molecule has 2 rings (SSSR count). The summed E-state index contributed by atoms with van der Waals surface area (Å²) in [6.45, 7) is 0.635. The molecule has 0 fully saturated rings. The Kier molecular flexibility index (Phi) is 5.28. The zero-order valence-corrected chi connectivity index (χ0v) is 12.2. The molecule has 2 aromatic rings. The van der Waals surface area contributed by atoms with Crippen molar-refractivity contribution in [1.82, 2.24) is 0 Å². The Balaban J connectivity index is 2.39. The summed E-state index contributed by atoms with van der Waals surface area (Å²) >= 11 is 0. The lowest BCUT2D eigenvalue weighted by atomic mass is 9.94. The molecule has 0 saturated carbocycles. The van der Waals surface area contributed by atoms with Gasteiger partial charge in [0, 0.05) is 0 Å². The molecule has 0 unspecified atom stereocenters. The van der Waals surface area contributed by atoms with Crippen LogP contribution in [-0.4, -0.2) is 7.12 Å². The maximum absolute atomic E-state index is 13.4. The van der Waals surface area contributed by atoms with Crippen LogP contribution < -0.4 is 9.31 Å². The van der Waals surface area contributed by atoms with Gasteiger partial charge in [0.2, 0.25) is 58.2 Å². The van der Waals surface area contributed by atoms with Crippen molar-refractivity contribution in [3.05, 3.63) is 58.2 Å². The molecule has 140 valence electrons. The van der Waals surface area contributed by atoms with E-state index in [1.54, 1.807) is 0 Å². The average Bonchev–Trinajstić information content (AvgIpc) is 2.62. The fourth-order valence-corrected chi connectivity index (χ4v) is 1.73. The van der Waals surface area contributed by atoms with Gasteiger partial charge in [-0.25, -0.2) is 26.3 Å². The van der Waals surface area contributed by atoms with E-state index in [9.17, 15) is 43.9 Å². The summed E-state index contributed by atoms with van der Waals surface area (Å²) < 4.78 is 140. The minimum atomic E-state index is -2.50. The Hall–Kier alpha value is -2.60. The summed E-state index contributed by atoms with van der Waals surface area (Å²) in [6, 6.07) is 0. The average molecular weight is 392 g/mol. The fraction of sp³-hybridized carbons (Fsp3) is 0.0769. The monoisotopic (exact) mass is 392 g/mol. The van der Waals surface area contributed by atoms with Gasteiger partial charge in [0.25, 0.3) is 0 Å². The summed E-state index contributed by atoms with van der Waals surface area (Å²) in [7, 11) is -2.23. The van der Waals surface area contributed by atoms with Gasteiger partial charge in [0.05, 0.1) is 0 Å². The quantitative estimate of drug-likeness (QED) is 0.327. The van der Waals surface area contributed by atoms with Crippen molar-refractivity contribution >= 4 is 7.12 Å². The molecule has 0 bridgehead atoms. The van der Waals surface area contributed by atoms with E-state index in [0.717, 1.165) is 0 Å². The Morgan fingerprint density at radius 1 is 0.423 bits per heavy atom. The van der Waals surface area contributed by atoms with Gasteiger partial charge in [-0.15, -0.1) is 0 Å². The second-order valence-electron chi connectivity index (χ2n) is 4.60. The van der Waals surface area contributed by atoms with E-state index >= 15 is 0 Å². The van der Waals surface area contributed by atoms with Gasteiger partial charge in [0.1, 0.15) is 0 Å². The van der Waals surface area contributed by atoms with Gasteiger partial charge in [-0.3, -0.25) is 0 Å². The zero-order chi connectivity index (χ0) is 19.9. The highest BCUT2D eigenvalue weighted by Gasteiger charge is 2.33. The molecule has 13 heteroatoms. The number of halogens is 10. The number of hydrogen-bond acceptors (Lipinski definition) is 2.